The number of halogens is 3. The Morgan fingerprint density at radius 1 is 1.26 bits per heavy atom. The Morgan fingerprint density at radius 3 is 2.37 bits per heavy atom. The maximum Gasteiger partial charge on any atom is 0.416 e. The third-order valence-electron chi connectivity index (χ3n) is 2.67. The van der Waals surface area contributed by atoms with E-state index >= 15 is 0 Å². The standard InChI is InChI=1S/C12H10F3N3O/c1-2-18-10(7-19)11(16-17-18)8-3-5-9(6-4-8)12(13,14)15/h3-7H,2H2,1H3. The first kappa shape index (κ1) is 13.3. The summed E-state index contributed by atoms with van der Waals surface area (Å²) in [5.74, 6) is 0. The zero-order valence-electron chi connectivity index (χ0n) is 9.98. The zero-order valence-corrected chi connectivity index (χ0v) is 9.98. The van der Waals surface area contributed by atoms with Crippen molar-refractivity contribution in [3.05, 3.63) is 35.5 Å². The first-order valence-corrected chi connectivity index (χ1v) is 5.53. The third kappa shape index (κ3) is 2.49. The SMILES string of the molecule is CCn1nnc(-c2ccc(C(F)(F)F)cc2)c1C=O. The van der Waals surface area contributed by atoms with Crippen LogP contribution in [0.3, 0.4) is 0 Å². The lowest BCUT2D eigenvalue weighted by Crippen LogP contribution is -2.04. The topological polar surface area (TPSA) is 47.8 Å². The van der Waals surface area contributed by atoms with Crippen molar-refractivity contribution in [2.75, 3.05) is 0 Å². The molecule has 4 nitrogen and oxygen atoms in total. The molecule has 1 aromatic heterocycles. The van der Waals surface area contributed by atoms with Crippen LogP contribution in [0.15, 0.2) is 24.3 Å². The van der Waals surface area contributed by atoms with Crippen molar-refractivity contribution in [1.29, 1.82) is 0 Å². The van der Waals surface area contributed by atoms with Crippen LogP contribution in [-0.2, 0) is 12.7 Å². The zero-order chi connectivity index (χ0) is 14.0. The van der Waals surface area contributed by atoms with Gasteiger partial charge >= 0.3 is 6.18 Å². The summed E-state index contributed by atoms with van der Waals surface area (Å²) in [6.07, 6.45) is -3.79. The average molecular weight is 269 g/mol. The molecule has 0 radical (unpaired) electrons. The summed E-state index contributed by atoms with van der Waals surface area (Å²) in [6, 6.07) is 4.46. The van der Waals surface area contributed by atoms with Crippen molar-refractivity contribution in [2.45, 2.75) is 19.6 Å². The lowest BCUT2D eigenvalue weighted by atomic mass is 10.1. The van der Waals surface area contributed by atoms with Gasteiger partial charge in [-0.1, -0.05) is 17.3 Å². The first-order valence-electron chi connectivity index (χ1n) is 5.53. The molecular formula is C12H10F3N3O. The highest BCUT2D eigenvalue weighted by Gasteiger charge is 2.30. The number of benzene rings is 1. The van der Waals surface area contributed by atoms with Gasteiger partial charge in [-0.3, -0.25) is 4.79 Å². The minimum Gasteiger partial charge on any atom is -0.296 e. The molecular weight excluding hydrogens is 259 g/mol. The van der Waals surface area contributed by atoms with Gasteiger partial charge in [-0.2, -0.15) is 13.2 Å². The van der Waals surface area contributed by atoms with Crippen molar-refractivity contribution in [3.8, 4) is 11.3 Å². The van der Waals surface area contributed by atoms with E-state index in [1.165, 1.54) is 16.8 Å². The maximum atomic E-state index is 12.4. The van der Waals surface area contributed by atoms with Crippen molar-refractivity contribution < 1.29 is 18.0 Å². The second kappa shape index (κ2) is 4.83. The van der Waals surface area contributed by atoms with Gasteiger partial charge in [0.15, 0.2) is 6.29 Å². The van der Waals surface area contributed by atoms with Crippen molar-refractivity contribution >= 4 is 6.29 Å². The van der Waals surface area contributed by atoms with Gasteiger partial charge in [-0.15, -0.1) is 5.10 Å². The number of aryl methyl sites for hydroxylation is 1. The smallest absolute Gasteiger partial charge is 0.296 e. The maximum absolute atomic E-state index is 12.4. The van der Waals surface area contributed by atoms with Gasteiger partial charge in [0.2, 0.25) is 0 Å². The highest BCUT2D eigenvalue weighted by Crippen LogP contribution is 2.31. The largest absolute Gasteiger partial charge is 0.416 e. The summed E-state index contributed by atoms with van der Waals surface area (Å²) in [4.78, 5) is 11.0. The number of hydrogen-bond donors (Lipinski definition) is 0. The van der Waals surface area contributed by atoms with Crippen LogP contribution in [0, 0.1) is 0 Å². The molecule has 0 unspecified atom stereocenters. The van der Waals surface area contributed by atoms with E-state index in [-0.39, 0.29) is 11.4 Å². The second-order valence-electron chi connectivity index (χ2n) is 3.83. The quantitative estimate of drug-likeness (QED) is 0.805. The van der Waals surface area contributed by atoms with Gasteiger partial charge in [-0.05, 0) is 19.1 Å². The average Bonchev–Trinajstić information content (AvgIpc) is 2.80. The molecule has 0 saturated carbocycles. The molecule has 0 aliphatic carbocycles. The molecule has 19 heavy (non-hydrogen) atoms. The Morgan fingerprint density at radius 2 is 1.89 bits per heavy atom. The summed E-state index contributed by atoms with van der Waals surface area (Å²) in [7, 11) is 0. The van der Waals surface area contributed by atoms with E-state index < -0.39 is 11.7 Å². The van der Waals surface area contributed by atoms with Gasteiger partial charge in [0.1, 0.15) is 11.4 Å². The molecule has 0 fully saturated rings. The molecule has 2 aromatic rings. The molecule has 0 atom stereocenters. The van der Waals surface area contributed by atoms with Crippen LogP contribution < -0.4 is 0 Å². The van der Waals surface area contributed by atoms with E-state index in [0.29, 0.717) is 18.4 Å². The number of carbonyl (C=O) groups is 1. The summed E-state index contributed by atoms with van der Waals surface area (Å²) in [5, 5.41) is 7.59. The first-order chi connectivity index (χ1) is 8.97. The lowest BCUT2D eigenvalue weighted by Gasteiger charge is -2.06. The van der Waals surface area contributed by atoms with Gasteiger partial charge in [0, 0.05) is 12.1 Å². The summed E-state index contributed by atoms with van der Waals surface area (Å²) in [6.45, 7) is 2.25. The van der Waals surface area contributed by atoms with Crippen LogP contribution in [0.2, 0.25) is 0 Å². The number of carbonyl (C=O) groups excluding carboxylic acids is 1. The fraction of sp³-hybridized carbons (Fsp3) is 0.250. The second-order valence-corrected chi connectivity index (χ2v) is 3.83. The highest BCUT2D eigenvalue weighted by atomic mass is 19.4. The Hall–Kier alpha value is -2.18. The lowest BCUT2D eigenvalue weighted by molar-refractivity contribution is -0.137. The molecule has 0 amide bonds. The summed E-state index contributed by atoms with van der Waals surface area (Å²) in [5.41, 5.74) is 0.217. The molecule has 0 aliphatic heterocycles. The molecule has 0 aliphatic rings. The fourth-order valence-electron chi connectivity index (χ4n) is 1.69. The molecule has 7 heteroatoms. The normalized spacial score (nSPS) is 11.6. The van der Waals surface area contributed by atoms with E-state index in [9.17, 15) is 18.0 Å². The number of nitrogens with zero attached hydrogens (tertiary/aromatic N) is 3. The summed E-state index contributed by atoms with van der Waals surface area (Å²) >= 11 is 0. The third-order valence-corrected chi connectivity index (χ3v) is 2.67. The molecule has 0 spiro atoms. The Labute approximate surface area is 106 Å². The minimum atomic E-state index is -4.38. The number of hydrogen-bond acceptors (Lipinski definition) is 3. The van der Waals surface area contributed by atoms with Crippen LogP contribution in [0.5, 0.6) is 0 Å². The molecule has 0 saturated heterocycles. The number of alkyl halides is 3. The molecule has 0 bridgehead atoms. The highest BCUT2D eigenvalue weighted by molar-refractivity contribution is 5.83. The van der Waals surface area contributed by atoms with Crippen LogP contribution in [-0.4, -0.2) is 21.3 Å². The van der Waals surface area contributed by atoms with Crippen LogP contribution in [0.1, 0.15) is 23.0 Å². The van der Waals surface area contributed by atoms with E-state index in [1.807, 2.05) is 0 Å². The van der Waals surface area contributed by atoms with E-state index in [0.717, 1.165) is 12.1 Å². The van der Waals surface area contributed by atoms with Gasteiger partial charge < -0.3 is 0 Å². The van der Waals surface area contributed by atoms with Crippen LogP contribution in [0.4, 0.5) is 13.2 Å². The minimum absolute atomic E-state index is 0.252. The van der Waals surface area contributed by atoms with Gasteiger partial charge in [0.05, 0.1) is 5.56 Å². The number of aromatic nitrogens is 3. The molecule has 0 N–H and O–H groups in total. The van der Waals surface area contributed by atoms with Crippen LogP contribution in [0.25, 0.3) is 11.3 Å². The fourth-order valence-corrected chi connectivity index (χ4v) is 1.69. The number of aldehydes is 1. The number of rotatable bonds is 3. The Bertz CT molecular complexity index is 587. The molecule has 1 aromatic carbocycles. The summed E-state index contributed by atoms with van der Waals surface area (Å²) < 4.78 is 38.7. The Kier molecular flexibility index (Phi) is 3.37. The van der Waals surface area contributed by atoms with E-state index in [4.69, 9.17) is 0 Å². The van der Waals surface area contributed by atoms with Crippen LogP contribution >= 0.6 is 0 Å². The van der Waals surface area contributed by atoms with Crippen molar-refractivity contribution in [1.82, 2.24) is 15.0 Å². The molecule has 1 heterocycles. The van der Waals surface area contributed by atoms with Crippen molar-refractivity contribution in [3.63, 3.8) is 0 Å². The van der Waals surface area contributed by atoms with E-state index in [2.05, 4.69) is 10.3 Å². The molecule has 100 valence electrons. The van der Waals surface area contributed by atoms with Gasteiger partial charge in [0.25, 0.3) is 0 Å². The monoisotopic (exact) mass is 269 g/mol. The predicted octanol–water partition coefficient (Wildman–Crippen LogP) is 2.80. The molecule has 2 rings (SSSR count). The predicted molar refractivity (Wildman–Crippen MR) is 61.5 cm³/mol. The van der Waals surface area contributed by atoms with Gasteiger partial charge in [-0.25, -0.2) is 4.68 Å². The van der Waals surface area contributed by atoms with E-state index in [1.54, 1.807) is 6.92 Å². The Balaban J connectivity index is 2.43. The van der Waals surface area contributed by atoms with Crippen molar-refractivity contribution in [2.24, 2.45) is 0 Å².